The Morgan fingerprint density at radius 2 is 2.39 bits per heavy atom. The van der Waals surface area contributed by atoms with E-state index in [1.807, 2.05) is 22.2 Å². The van der Waals surface area contributed by atoms with Crippen molar-refractivity contribution in [1.82, 2.24) is 9.78 Å². The SMILES string of the molecule is CCCn1ncc(OC)c1C(O)Cc1cccs1. The van der Waals surface area contributed by atoms with Crippen LogP contribution in [0, 0.1) is 0 Å². The van der Waals surface area contributed by atoms with Gasteiger partial charge >= 0.3 is 0 Å². The van der Waals surface area contributed by atoms with Crippen LogP contribution in [0.25, 0.3) is 0 Å². The maximum atomic E-state index is 10.4. The van der Waals surface area contributed by atoms with E-state index in [9.17, 15) is 5.11 Å². The zero-order valence-electron chi connectivity index (χ0n) is 10.7. The summed E-state index contributed by atoms with van der Waals surface area (Å²) in [5.74, 6) is 0.660. The largest absolute Gasteiger partial charge is 0.493 e. The average Bonchev–Trinajstić information content (AvgIpc) is 2.98. The monoisotopic (exact) mass is 266 g/mol. The molecule has 0 aromatic carbocycles. The van der Waals surface area contributed by atoms with E-state index < -0.39 is 6.10 Å². The molecule has 2 heterocycles. The molecule has 5 heteroatoms. The normalized spacial score (nSPS) is 12.6. The summed E-state index contributed by atoms with van der Waals surface area (Å²) in [7, 11) is 1.61. The molecule has 0 aliphatic heterocycles. The van der Waals surface area contributed by atoms with Crippen molar-refractivity contribution in [2.24, 2.45) is 0 Å². The lowest BCUT2D eigenvalue weighted by Crippen LogP contribution is -2.11. The first-order valence-corrected chi connectivity index (χ1v) is 6.94. The molecule has 0 saturated carbocycles. The summed E-state index contributed by atoms with van der Waals surface area (Å²) in [4.78, 5) is 1.16. The van der Waals surface area contributed by atoms with Gasteiger partial charge in [-0.05, 0) is 17.9 Å². The zero-order chi connectivity index (χ0) is 13.0. The molecule has 0 fully saturated rings. The van der Waals surface area contributed by atoms with Gasteiger partial charge in [-0.25, -0.2) is 0 Å². The van der Waals surface area contributed by atoms with Crippen molar-refractivity contribution in [2.75, 3.05) is 7.11 Å². The topological polar surface area (TPSA) is 47.3 Å². The number of aromatic nitrogens is 2. The number of methoxy groups -OCH3 is 1. The Morgan fingerprint density at radius 3 is 3.00 bits per heavy atom. The van der Waals surface area contributed by atoms with E-state index in [1.54, 1.807) is 24.6 Å². The van der Waals surface area contributed by atoms with Crippen LogP contribution in [0.4, 0.5) is 0 Å². The van der Waals surface area contributed by atoms with E-state index in [2.05, 4.69) is 12.0 Å². The van der Waals surface area contributed by atoms with Crippen LogP contribution < -0.4 is 4.74 Å². The Morgan fingerprint density at radius 1 is 1.56 bits per heavy atom. The summed E-state index contributed by atoms with van der Waals surface area (Å²) in [6.45, 7) is 2.88. The van der Waals surface area contributed by atoms with Gasteiger partial charge in [0.2, 0.25) is 0 Å². The van der Waals surface area contributed by atoms with Crippen molar-refractivity contribution in [3.8, 4) is 5.75 Å². The van der Waals surface area contributed by atoms with Gasteiger partial charge in [-0.3, -0.25) is 4.68 Å². The minimum absolute atomic E-state index is 0.576. The van der Waals surface area contributed by atoms with E-state index in [-0.39, 0.29) is 0 Å². The standard InChI is InChI=1S/C13H18N2O2S/c1-3-6-15-13(12(17-2)9-14-15)11(16)8-10-5-4-7-18-10/h4-5,7,9,11,16H,3,6,8H2,1-2H3. The number of hydrogen-bond acceptors (Lipinski definition) is 4. The Kier molecular flexibility index (Phi) is 4.38. The fraction of sp³-hybridized carbons (Fsp3) is 0.462. The van der Waals surface area contributed by atoms with Crippen molar-refractivity contribution < 1.29 is 9.84 Å². The van der Waals surface area contributed by atoms with Crippen LogP contribution in [0.15, 0.2) is 23.7 Å². The molecule has 2 rings (SSSR count). The molecule has 2 aromatic heterocycles. The summed E-state index contributed by atoms with van der Waals surface area (Å²) in [6, 6.07) is 4.02. The molecule has 0 radical (unpaired) electrons. The fourth-order valence-electron chi connectivity index (χ4n) is 1.98. The second kappa shape index (κ2) is 6.02. The predicted molar refractivity (Wildman–Crippen MR) is 72.1 cm³/mol. The molecule has 0 bridgehead atoms. The average molecular weight is 266 g/mol. The number of nitrogens with zero attached hydrogens (tertiary/aromatic N) is 2. The third-order valence-corrected chi connectivity index (χ3v) is 3.69. The molecule has 0 spiro atoms. The van der Waals surface area contributed by atoms with Crippen LogP contribution in [0.2, 0.25) is 0 Å². The van der Waals surface area contributed by atoms with E-state index in [1.165, 1.54) is 0 Å². The van der Waals surface area contributed by atoms with Gasteiger partial charge in [0.05, 0.1) is 13.3 Å². The van der Waals surface area contributed by atoms with Crippen LogP contribution in [0.5, 0.6) is 5.75 Å². The van der Waals surface area contributed by atoms with Gasteiger partial charge in [-0.1, -0.05) is 13.0 Å². The van der Waals surface area contributed by atoms with Gasteiger partial charge in [0.15, 0.2) is 5.75 Å². The highest BCUT2D eigenvalue weighted by molar-refractivity contribution is 7.09. The summed E-state index contributed by atoms with van der Waals surface area (Å²) >= 11 is 1.65. The highest BCUT2D eigenvalue weighted by Crippen LogP contribution is 2.28. The predicted octanol–water partition coefficient (Wildman–Crippen LogP) is 2.64. The number of hydrogen-bond donors (Lipinski definition) is 1. The smallest absolute Gasteiger partial charge is 0.162 e. The summed E-state index contributed by atoms with van der Waals surface area (Å²) < 4.78 is 7.10. The molecule has 1 unspecified atom stereocenters. The molecule has 18 heavy (non-hydrogen) atoms. The van der Waals surface area contributed by atoms with Gasteiger partial charge in [0.25, 0.3) is 0 Å². The third kappa shape index (κ3) is 2.73. The highest BCUT2D eigenvalue weighted by atomic mass is 32.1. The first-order chi connectivity index (χ1) is 8.76. The second-order valence-electron chi connectivity index (χ2n) is 4.12. The number of aryl methyl sites for hydroxylation is 1. The van der Waals surface area contributed by atoms with E-state index in [0.717, 1.165) is 23.5 Å². The van der Waals surface area contributed by atoms with Gasteiger partial charge in [-0.2, -0.15) is 5.10 Å². The highest BCUT2D eigenvalue weighted by Gasteiger charge is 2.20. The van der Waals surface area contributed by atoms with Crippen molar-refractivity contribution in [3.05, 3.63) is 34.3 Å². The number of ether oxygens (including phenoxy) is 1. The van der Waals surface area contributed by atoms with E-state index in [0.29, 0.717) is 12.2 Å². The molecule has 98 valence electrons. The van der Waals surface area contributed by atoms with E-state index >= 15 is 0 Å². The van der Waals surface area contributed by atoms with Crippen LogP contribution in [0.1, 0.15) is 30.0 Å². The number of rotatable bonds is 6. The molecule has 1 atom stereocenters. The van der Waals surface area contributed by atoms with Gasteiger partial charge in [-0.15, -0.1) is 11.3 Å². The third-order valence-electron chi connectivity index (χ3n) is 2.79. The van der Waals surface area contributed by atoms with Crippen LogP contribution in [-0.2, 0) is 13.0 Å². The molecule has 0 aliphatic carbocycles. The maximum absolute atomic E-state index is 10.4. The molecule has 1 N–H and O–H groups in total. The molecule has 0 amide bonds. The van der Waals surface area contributed by atoms with Gasteiger partial charge < -0.3 is 9.84 Å². The second-order valence-corrected chi connectivity index (χ2v) is 5.15. The van der Waals surface area contributed by atoms with Crippen molar-refractivity contribution >= 4 is 11.3 Å². The first-order valence-electron chi connectivity index (χ1n) is 6.06. The van der Waals surface area contributed by atoms with Crippen LogP contribution in [0.3, 0.4) is 0 Å². The maximum Gasteiger partial charge on any atom is 0.162 e. The number of aliphatic hydroxyl groups excluding tert-OH is 1. The van der Waals surface area contributed by atoms with Crippen molar-refractivity contribution in [2.45, 2.75) is 32.4 Å². The zero-order valence-corrected chi connectivity index (χ0v) is 11.5. The van der Waals surface area contributed by atoms with E-state index in [4.69, 9.17) is 4.74 Å². The van der Waals surface area contributed by atoms with Crippen molar-refractivity contribution in [3.63, 3.8) is 0 Å². The lowest BCUT2D eigenvalue weighted by atomic mass is 10.1. The molecular weight excluding hydrogens is 248 g/mol. The first kappa shape index (κ1) is 13.1. The quantitative estimate of drug-likeness (QED) is 0.874. The number of thiophene rings is 1. The minimum Gasteiger partial charge on any atom is -0.493 e. The molecule has 4 nitrogen and oxygen atoms in total. The number of aliphatic hydroxyl groups is 1. The molecule has 0 aliphatic rings. The molecular formula is C13H18N2O2S. The lowest BCUT2D eigenvalue weighted by Gasteiger charge is -2.14. The molecule has 2 aromatic rings. The lowest BCUT2D eigenvalue weighted by molar-refractivity contribution is 0.163. The summed E-state index contributed by atoms with van der Waals surface area (Å²) in [6.07, 6.45) is 2.67. The van der Waals surface area contributed by atoms with Crippen LogP contribution >= 0.6 is 11.3 Å². The Bertz CT molecular complexity index is 479. The van der Waals surface area contributed by atoms with Crippen LogP contribution in [-0.4, -0.2) is 22.0 Å². The minimum atomic E-state index is -0.576. The Labute approximate surface area is 111 Å². The van der Waals surface area contributed by atoms with Crippen molar-refractivity contribution in [1.29, 1.82) is 0 Å². The Hall–Kier alpha value is -1.33. The molecule has 0 saturated heterocycles. The Balaban J connectivity index is 2.21. The summed E-state index contributed by atoms with van der Waals surface area (Å²) in [5, 5.41) is 16.6. The van der Waals surface area contributed by atoms with Gasteiger partial charge in [0.1, 0.15) is 11.8 Å². The fourth-order valence-corrected chi connectivity index (χ4v) is 2.72. The van der Waals surface area contributed by atoms with Gasteiger partial charge in [0, 0.05) is 17.8 Å². The summed E-state index contributed by atoms with van der Waals surface area (Å²) in [5.41, 5.74) is 0.771.